The molecule has 0 unspecified atom stereocenters. The summed E-state index contributed by atoms with van der Waals surface area (Å²) in [5.41, 5.74) is 1.51. The van der Waals surface area contributed by atoms with Crippen molar-refractivity contribution in [1.29, 1.82) is 0 Å². The number of hydrogen-bond donors (Lipinski definition) is 0. The van der Waals surface area contributed by atoms with Gasteiger partial charge in [0.25, 0.3) is 0 Å². The predicted molar refractivity (Wildman–Crippen MR) is 106 cm³/mol. The third-order valence-corrected chi connectivity index (χ3v) is 5.35. The molecule has 8 nitrogen and oxygen atoms in total. The molecule has 0 bridgehead atoms. The van der Waals surface area contributed by atoms with Crippen LogP contribution in [-0.2, 0) is 20.7 Å². The van der Waals surface area contributed by atoms with Gasteiger partial charge in [-0.3, -0.25) is 14.5 Å². The van der Waals surface area contributed by atoms with Crippen LogP contribution in [0.25, 0.3) is 11.5 Å². The van der Waals surface area contributed by atoms with Gasteiger partial charge in [0.05, 0.1) is 31.9 Å². The number of oxazole rings is 1. The van der Waals surface area contributed by atoms with Gasteiger partial charge in [0, 0.05) is 44.8 Å². The van der Waals surface area contributed by atoms with Crippen LogP contribution in [-0.4, -0.2) is 90.5 Å². The Balaban J connectivity index is 1.25. The van der Waals surface area contributed by atoms with Crippen LogP contribution in [0.4, 0.5) is 0 Å². The molecule has 0 radical (unpaired) electrons. The van der Waals surface area contributed by atoms with Crippen LogP contribution in [0, 0.1) is 0 Å². The lowest BCUT2D eigenvalue weighted by molar-refractivity contribution is -0.140. The lowest BCUT2D eigenvalue weighted by atomic mass is 10.2. The van der Waals surface area contributed by atoms with E-state index in [1.807, 2.05) is 35.2 Å². The highest BCUT2D eigenvalue weighted by molar-refractivity contribution is 5.80. The summed E-state index contributed by atoms with van der Waals surface area (Å²) in [6.07, 6.45) is 1.75. The Labute approximate surface area is 170 Å². The number of hydrogen-bond acceptors (Lipinski definition) is 6. The second kappa shape index (κ2) is 9.19. The Morgan fingerprint density at radius 2 is 1.55 bits per heavy atom. The third kappa shape index (κ3) is 5.02. The number of ether oxygens (including phenoxy) is 1. The maximum atomic E-state index is 12.6. The second-order valence-electron chi connectivity index (χ2n) is 7.34. The highest BCUT2D eigenvalue weighted by Gasteiger charge is 2.26. The molecular weight excluding hydrogens is 372 g/mol. The standard InChI is InChI=1S/C21H26N4O4/c26-19(14-18-16-29-21(22-18)17-4-2-1-3-5-17)24-6-8-25(9-7-24)20(27)15-23-10-12-28-13-11-23/h1-5,16H,6-15H2. The van der Waals surface area contributed by atoms with E-state index >= 15 is 0 Å². The molecule has 2 saturated heterocycles. The minimum Gasteiger partial charge on any atom is -0.444 e. The van der Waals surface area contributed by atoms with Gasteiger partial charge in [-0.25, -0.2) is 4.98 Å². The molecule has 4 rings (SSSR count). The highest BCUT2D eigenvalue weighted by atomic mass is 16.5. The molecule has 0 aliphatic carbocycles. The van der Waals surface area contributed by atoms with Crippen LogP contribution in [0.5, 0.6) is 0 Å². The minimum atomic E-state index is 0.0122. The van der Waals surface area contributed by atoms with Gasteiger partial charge in [-0.15, -0.1) is 0 Å². The molecule has 2 aromatic rings. The largest absolute Gasteiger partial charge is 0.444 e. The van der Waals surface area contributed by atoms with Crippen molar-refractivity contribution in [2.24, 2.45) is 0 Å². The summed E-state index contributed by atoms with van der Waals surface area (Å²) in [6, 6.07) is 9.62. The summed E-state index contributed by atoms with van der Waals surface area (Å²) in [6.45, 7) is 5.64. The Morgan fingerprint density at radius 3 is 2.24 bits per heavy atom. The van der Waals surface area contributed by atoms with Gasteiger partial charge in [-0.2, -0.15) is 0 Å². The molecule has 2 fully saturated rings. The number of benzene rings is 1. The molecule has 8 heteroatoms. The van der Waals surface area contributed by atoms with Crippen molar-refractivity contribution in [3.63, 3.8) is 0 Å². The number of carbonyl (C=O) groups is 2. The van der Waals surface area contributed by atoms with Crippen LogP contribution in [0.2, 0.25) is 0 Å². The Kier molecular flexibility index (Phi) is 6.21. The fourth-order valence-electron chi connectivity index (χ4n) is 3.62. The Hall–Kier alpha value is -2.71. The van der Waals surface area contributed by atoms with E-state index in [1.165, 1.54) is 0 Å². The number of piperazine rings is 1. The quantitative estimate of drug-likeness (QED) is 0.744. The topological polar surface area (TPSA) is 79.1 Å². The number of aromatic nitrogens is 1. The van der Waals surface area contributed by atoms with Crippen molar-refractivity contribution in [2.75, 3.05) is 59.0 Å². The smallest absolute Gasteiger partial charge is 0.236 e. The molecule has 29 heavy (non-hydrogen) atoms. The number of morpholine rings is 1. The first-order valence-corrected chi connectivity index (χ1v) is 10.0. The fraction of sp³-hybridized carbons (Fsp3) is 0.476. The summed E-state index contributed by atoms with van der Waals surface area (Å²) < 4.78 is 10.8. The molecule has 3 heterocycles. The van der Waals surface area contributed by atoms with Gasteiger partial charge in [-0.05, 0) is 12.1 Å². The first-order valence-electron chi connectivity index (χ1n) is 10.0. The molecule has 0 spiro atoms. The van der Waals surface area contributed by atoms with E-state index in [9.17, 15) is 9.59 Å². The second-order valence-corrected chi connectivity index (χ2v) is 7.34. The first-order chi connectivity index (χ1) is 14.2. The maximum absolute atomic E-state index is 12.6. The van der Waals surface area contributed by atoms with Crippen LogP contribution in [0.1, 0.15) is 5.69 Å². The van der Waals surface area contributed by atoms with Gasteiger partial charge < -0.3 is 19.0 Å². The summed E-state index contributed by atoms with van der Waals surface area (Å²) in [7, 11) is 0. The zero-order chi connectivity index (χ0) is 20.1. The SMILES string of the molecule is O=C(Cc1coc(-c2ccccc2)n1)N1CCN(C(=O)CN2CCOCC2)CC1. The van der Waals surface area contributed by atoms with E-state index in [2.05, 4.69) is 9.88 Å². The molecule has 1 aromatic heterocycles. The van der Waals surface area contributed by atoms with Crippen molar-refractivity contribution < 1.29 is 18.7 Å². The van der Waals surface area contributed by atoms with Gasteiger partial charge in [0.15, 0.2) is 0 Å². The average molecular weight is 398 g/mol. The fourth-order valence-corrected chi connectivity index (χ4v) is 3.62. The van der Waals surface area contributed by atoms with Crippen LogP contribution in [0.15, 0.2) is 41.0 Å². The molecule has 0 saturated carbocycles. The first kappa shape index (κ1) is 19.6. The number of rotatable bonds is 5. The lowest BCUT2D eigenvalue weighted by Crippen LogP contribution is -2.53. The zero-order valence-electron chi connectivity index (χ0n) is 16.5. The molecule has 154 valence electrons. The third-order valence-electron chi connectivity index (χ3n) is 5.35. The van der Waals surface area contributed by atoms with Crippen molar-refractivity contribution in [3.05, 3.63) is 42.3 Å². The normalized spacial score (nSPS) is 18.1. The van der Waals surface area contributed by atoms with Crippen LogP contribution >= 0.6 is 0 Å². The summed E-state index contributed by atoms with van der Waals surface area (Å²) in [5, 5.41) is 0. The summed E-state index contributed by atoms with van der Waals surface area (Å²) >= 11 is 0. The molecule has 1 aromatic carbocycles. The van der Waals surface area contributed by atoms with Gasteiger partial charge in [0.2, 0.25) is 17.7 Å². The molecule has 2 aliphatic heterocycles. The van der Waals surface area contributed by atoms with Crippen LogP contribution in [0.3, 0.4) is 0 Å². The maximum Gasteiger partial charge on any atom is 0.236 e. The number of nitrogens with zero attached hydrogens (tertiary/aromatic N) is 4. The highest BCUT2D eigenvalue weighted by Crippen LogP contribution is 2.18. The average Bonchev–Trinajstić information content (AvgIpc) is 3.23. The number of carbonyl (C=O) groups excluding carboxylic acids is 2. The van der Waals surface area contributed by atoms with Crippen molar-refractivity contribution in [3.8, 4) is 11.5 Å². The van der Waals surface area contributed by atoms with E-state index < -0.39 is 0 Å². The van der Waals surface area contributed by atoms with E-state index in [0.717, 1.165) is 18.7 Å². The van der Waals surface area contributed by atoms with E-state index in [1.54, 1.807) is 11.2 Å². The van der Waals surface area contributed by atoms with Gasteiger partial charge in [0.1, 0.15) is 6.26 Å². The van der Waals surface area contributed by atoms with E-state index in [4.69, 9.17) is 9.15 Å². The molecular formula is C21H26N4O4. The summed E-state index contributed by atoms with van der Waals surface area (Å²) in [4.78, 5) is 35.3. The number of amides is 2. The van der Waals surface area contributed by atoms with Crippen molar-refractivity contribution in [1.82, 2.24) is 19.7 Å². The van der Waals surface area contributed by atoms with Gasteiger partial charge in [-0.1, -0.05) is 18.2 Å². The Morgan fingerprint density at radius 1 is 0.897 bits per heavy atom. The molecule has 2 aliphatic rings. The zero-order valence-corrected chi connectivity index (χ0v) is 16.5. The summed E-state index contributed by atoms with van der Waals surface area (Å²) in [5.74, 6) is 0.660. The van der Waals surface area contributed by atoms with E-state index in [0.29, 0.717) is 57.5 Å². The van der Waals surface area contributed by atoms with Crippen molar-refractivity contribution >= 4 is 11.8 Å². The molecule has 2 amide bonds. The van der Waals surface area contributed by atoms with Crippen LogP contribution < -0.4 is 0 Å². The van der Waals surface area contributed by atoms with E-state index in [-0.39, 0.29) is 18.2 Å². The van der Waals surface area contributed by atoms with Crippen molar-refractivity contribution in [2.45, 2.75) is 6.42 Å². The van der Waals surface area contributed by atoms with Gasteiger partial charge >= 0.3 is 0 Å². The predicted octanol–water partition coefficient (Wildman–Crippen LogP) is 0.887. The lowest BCUT2D eigenvalue weighted by Gasteiger charge is -2.36. The molecule has 0 atom stereocenters. The minimum absolute atomic E-state index is 0.0122. The monoisotopic (exact) mass is 398 g/mol. The molecule has 0 N–H and O–H groups in total. The Bertz CT molecular complexity index is 824.